The molecule has 15 heavy (non-hydrogen) atoms. The lowest BCUT2D eigenvalue weighted by Gasteiger charge is -2.11. The average Bonchev–Trinajstić information content (AvgIpc) is 2.14. The van der Waals surface area contributed by atoms with Gasteiger partial charge in [0.15, 0.2) is 0 Å². The Morgan fingerprint density at radius 3 is 2.33 bits per heavy atom. The van der Waals surface area contributed by atoms with E-state index in [9.17, 15) is 13.2 Å². The number of nitrogens with zero attached hydrogens (tertiary/aromatic N) is 1. The number of halogens is 3. The Hall–Kier alpha value is -1.74. The molecular formula is C9H8F3N3. The molecule has 0 heterocycles. The molecule has 3 nitrogen and oxygen atoms in total. The van der Waals surface area contributed by atoms with Gasteiger partial charge in [-0.2, -0.15) is 18.4 Å². The van der Waals surface area contributed by atoms with Crippen LogP contribution in [0.15, 0.2) is 18.2 Å². The van der Waals surface area contributed by atoms with Gasteiger partial charge in [0.2, 0.25) is 0 Å². The number of anilines is 1. The molecule has 0 bridgehead atoms. The largest absolute Gasteiger partial charge is 0.418 e. The molecule has 0 spiro atoms. The van der Waals surface area contributed by atoms with Crippen molar-refractivity contribution in [1.29, 1.82) is 5.26 Å². The molecule has 6 heteroatoms. The van der Waals surface area contributed by atoms with Gasteiger partial charge in [-0.25, -0.2) is 0 Å². The van der Waals surface area contributed by atoms with Gasteiger partial charge in [0.05, 0.1) is 11.6 Å². The van der Waals surface area contributed by atoms with E-state index in [0.717, 1.165) is 18.2 Å². The summed E-state index contributed by atoms with van der Waals surface area (Å²) in [6.45, 7) is 0. The summed E-state index contributed by atoms with van der Waals surface area (Å²) in [6, 6.07) is 3.78. The van der Waals surface area contributed by atoms with E-state index < -0.39 is 23.5 Å². The van der Waals surface area contributed by atoms with Crippen molar-refractivity contribution in [3.8, 4) is 6.07 Å². The van der Waals surface area contributed by atoms with Crippen LogP contribution in [0, 0.1) is 11.3 Å². The molecule has 0 aromatic heterocycles. The van der Waals surface area contributed by atoms with E-state index in [0.29, 0.717) is 0 Å². The molecule has 80 valence electrons. The fourth-order valence-corrected chi connectivity index (χ4v) is 1.11. The second-order valence-corrected chi connectivity index (χ2v) is 2.95. The highest BCUT2D eigenvalue weighted by Crippen LogP contribution is 2.34. The third-order valence-corrected chi connectivity index (χ3v) is 1.88. The summed E-state index contributed by atoms with van der Waals surface area (Å²) in [5.41, 5.74) is 9.46. The highest BCUT2D eigenvalue weighted by atomic mass is 19.4. The first kappa shape index (κ1) is 11.3. The smallest absolute Gasteiger partial charge is 0.398 e. The third kappa shape index (κ3) is 2.39. The van der Waals surface area contributed by atoms with Crippen LogP contribution in [-0.4, -0.2) is 0 Å². The first-order valence-corrected chi connectivity index (χ1v) is 3.98. The molecule has 1 aromatic rings. The molecular weight excluding hydrogens is 207 g/mol. The van der Waals surface area contributed by atoms with Crippen molar-refractivity contribution in [2.45, 2.75) is 12.2 Å². The molecule has 1 aromatic carbocycles. The minimum Gasteiger partial charge on any atom is -0.398 e. The van der Waals surface area contributed by atoms with E-state index >= 15 is 0 Å². The first-order chi connectivity index (χ1) is 6.86. The van der Waals surface area contributed by atoms with Crippen LogP contribution in [0.1, 0.15) is 17.2 Å². The molecule has 0 aliphatic rings. The normalized spacial score (nSPS) is 13.3. The lowest BCUT2D eigenvalue weighted by atomic mass is 10.0. The zero-order valence-electron chi connectivity index (χ0n) is 7.55. The molecule has 1 atom stereocenters. The van der Waals surface area contributed by atoms with Crippen molar-refractivity contribution in [2.24, 2.45) is 5.73 Å². The number of nitriles is 1. The zero-order valence-corrected chi connectivity index (χ0v) is 7.55. The number of benzene rings is 1. The highest BCUT2D eigenvalue weighted by molar-refractivity contribution is 5.51. The summed E-state index contributed by atoms with van der Waals surface area (Å²) >= 11 is 0. The van der Waals surface area contributed by atoms with Crippen LogP contribution >= 0.6 is 0 Å². The fourth-order valence-electron chi connectivity index (χ4n) is 1.11. The fraction of sp³-hybridized carbons (Fsp3) is 0.222. The Morgan fingerprint density at radius 1 is 1.33 bits per heavy atom. The maximum absolute atomic E-state index is 12.3. The van der Waals surface area contributed by atoms with Gasteiger partial charge in [0.25, 0.3) is 0 Å². The Morgan fingerprint density at radius 2 is 1.93 bits per heavy atom. The van der Waals surface area contributed by atoms with Crippen molar-refractivity contribution in [1.82, 2.24) is 0 Å². The van der Waals surface area contributed by atoms with Gasteiger partial charge < -0.3 is 11.5 Å². The number of hydrogen-bond acceptors (Lipinski definition) is 3. The number of nitrogens with two attached hydrogens (primary N) is 2. The van der Waals surface area contributed by atoms with Crippen LogP contribution in [0.3, 0.4) is 0 Å². The third-order valence-electron chi connectivity index (χ3n) is 1.88. The van der Waals surface area contributed by atoms with Crippen molar-refractivity contribution in [3.05, 3.63) is 29.3 Å². The van der Waals surface area contributed by atoms with Crippen molar-refractivity contribution < 1.29 is 13.2 Å². The van der Waals surface area contributed by atoms with Crippen LogP contribution < -0.4 is 11.5 Å². The van der Waals surface area contributed by atoms with Crippen LogP contribution in [0.25, 0.3) is 0 Å². The molecule has 1 unspecified atom stereocenters. The number of nitrogen functional groups attached to an aromatic ring is 1. The molecule has 4 N–H and O–H groups in total. The SMILES string of the molecule is N#CC(N)c1ccc(C(F)(F)F)c(N)c1. The quantitative estimate of drug-likeness (QED) is 0.701. The maximum atomic E-state index is 12.3. The van der Waals surface area contributed by atoms with E-state index in [2.05, 4.69) is 0 Å². The van der Waals surface area contributed by atoms with Crippen molar-refractivity contribution in [3.63, 3.8) is 0 Å². The molecule has 0 saturated carbocycles. The number of rotatable bonds is 1. The molecule has 0 radical (unpaired) electrons. The van der Waals surface area contributed by atoms with Gasteiger partial charge in [-0.3, -0.25) is 0 Å². The summed E-state index contributed by atoms with van der Waals surface area (Å²) in [6.07, 6.45) is -4.49. The van der Waals surface area contributed by atoms with Gasteiger partial charge in [0, 0.05) is 5.69 Å². The van der Waals surface area contributed by atoms with Gasteiger partial charge in [-0.15, -0.1) is 0 Å². The van der Waals surface area contributed by atoms with E-state index in [1.807, 2.05) is 0 Å². The molecule has 0 saturated heterocycles. The summed E-state index contributed by atoms with van der Waals surface area (Å²) in [5.74, 6) is 0. The molecule has 1 rings (SSSR count). The van der Waals surface area contributed by atoms with Crippen molar-refractivity contribution >= 4 is 5.69 Å². The first-order valence-electron chi connectivity index (χ1n) is 3.98. The summed E-state index contributed by atoms with van der Waals surface area (Å²) in [4.78, 5) is 0. The van der Waals surface area contributed by atoms with Crippen LogP contribution in [0.2, 0.25) is 0 Å². The van der Waals surface area contributed by atoms with E-state index in [4.69, 9.17) is 16.7 Å². The zero-order chi connectivity index (χ0) is 11.6. The number of hydrogen-bond donors (Lipinski definition) is 2. The monoisotopic (exact) mass is 215 g/mol. The van der Waals surface area contributed by atoms with Crippen molar-refractivity contribution in [2.75, 3.05) is 5.73 Å². The standard InChI is InChI=1S/C9H8F3N3/c10-9(11,12)6-2-1-5(3-7(6)14)8(15)4-13/h1-3,8H,14-15H2. The van der Waals surface area contributed by atoms with Gasteiger partial charge in [-0.1, -0.05) is 6.07 Å². The second-order valence-electron chi connectivity index (χ2n) is 2.95. The van der Waals surface area contributed by atoms with E-state index in [1.165, 1.54) is 0 Å². The molecule has 0 aliphatic heterocycles. The van der Waals surface area contributed by atoms with Crippen LogP contribution in [0.4, 0.5) is 18.9 Å². The highest BCUT2D eigenvalue weighted by Gasteiger charge is 2.32. The van der Waals surface area contributed by atoms with Crippen LogP contribution in [-0.2, 0) is 6.18 Å². The Kier molecular flexibility index (Phi) is 2.86. The predicted molar refractivity (Wildman–Crippen MR) is 48.4 cm³/mol. The van der Waals surface area contributed by atoms with Crippen LogP contribution in [0.5, 0.6) is 0 Å². The van der Waals surface area contributed by atoms with E-state index in [1.54, 1.807) is 6.07 Å². The van der Waals surface area contributed by atoms with E-state index in [-0.39, 0.29) is 5.56 Å². The summed E-state index contributed by atoms with van der Waals surface area (Å²) in [5, 5.41) is 8.47. The number of alkyl halides is 3. The van der Waals surface area contributed by atoms with Gasteiger partial charge in [0.1, 0.15) is 6.04 Å². The minimum absolute atomic E-state index is 0.267. The Bertz CT molecular complexity index is 406. The predicted octanol–water partition coefficient (Wildman–Crippen LogP) is 1.81. The minimum atomic E-state index is -4.49. The maximum Gasteiger partial charge on any atom is 0.418 e. The lowest BCUT2D eigenvalue weighted by Crippen LogP contribution is -2.12. The van der Waals surface area contributed by atoms with Gasteiger partial charge in [-0.05, 0) is 17.7 Å². The summed E-state index contributed by atoms with van der Waals surface area (Å²) in [7, 11) is 0. The molecule has 0 fully saturated rings. The Labute approximate surface area is 84.1 Å². The molecule has 0 aliphatic carbocycles. The van der Waals surface area contributed by atoms with Gasteiger partial charge >= 0.3 is 6.18 Å². The lowest BCUT2D eigenvalue weighted by molar-refractivity contribution is -0.136. The molecule has 0 amide bonds. The Balaban J connectivity index is 3.16. The average molecular weight is 215 g/mol. The summed E-state index contributed by atoms with van der Waals surface area (Å²) < 4.78 is 36.9. The second kappa shape index (κ2) is 3.79. The topological polar surface area (TPSA) is 75.8 Å².